The molecule has 1 heterocycles. The van der Waals surface area contributed by atoms with Crippen molar-refractivity contribution in [3.63, 3.8) is 0 Å². The van der Waals surface area contributed by atoms with Gasteiger partial charge in [-0.15, -0.1) is 0 Å². The van der Waals surface area contributed by atoms with Gasteiger partial charge in [-0.1, -0.05) is 6.42 Å². The molecule has 0 N–H and O–H groups in total. The lowest BCUT2D eigenvalue weighted by atomic mass is 9.84. The lowest BCUT2D eigenvalue weighted by molar-refractivity contribution is -0.155. The zero-order valence-electron chi connectivity index (χ0n) is 8.36. The molecule has 1 aliphatic carbocycles. The highest BCUT2D eigenvalue weighted by Gasteiger charge is 2.59. The number of ether oxygens (including phenoxy) is 1. The molecule has 0 bridgehead atoms. The predicted octanol–water partition coefficient (Wildman–Crippen LogP) is 0.0434. The van der Waals surface area contributed by atoms with E-state index in [0.717, 1.165) is 6.26 Å². The number of carbonyl (C=O) groups excluding carboxylic acids is 2. The summed E-state index contributed by atoms with van der Waals surface area (Å²) in [5, 5.41) is -0.746. The van der Waals surface area contributed by atoms with Gasteiger partial charge in [0.05, 0.1) is 17.1 Å². The van der Waals surface area contributed by atoms with Crippen LogP contribution in [0.5, 0.6) is 0 Å². The molecular formula is C9H12O5S. The molecule has 2 atom stereocenters. The number of carbonyl (C=O) groups is 2. The van der Waals surface area contributed by atoms with Crippen LogP contribution in [0.4, 0.5) is 0 Å². The first-order valence-corrected chi connectivity index (χ1v) is 6.76. The molecule has 1 aliphatic heterocycles. The fourth-order valence-corrected chi connectivity index (χ4v) is 4.38. The Morgan fingerprint density at radius 2 is 2.07 bits per heavy atom. The SMILES string of the molecule is CS(=O)(=O)C1CCCC12CC(=O)OC2=O. The summed E-state index contributed by atoms with van der Waals surface area (Å²) in [6, 6.07) is 0. The summed E-state index contributed by atoms with van der Waals surface area (Å²) in [7, 11) is -3.30. The molecule has 2 aliphatic rings. The van der Waals surface area contributed by atoms with Crippen LogP contribution in [0, 0.1) is 5.41 Å². The normalized spacial score (nSPS) is 36.2. The van der Waals surface area contributed by atoms with Gasteiger partial charge >= 0.3 is 11.9 Å². The number of sulfone groups is 1. The minimum Gasteiger partial charge on any atom is -0.393 e. The highest BCUT2D eigenvalue weighted by Crippen LogP contribution is 2.48. The van der Waals surface area contributed by atoms with E-state index in [1.165, 1.54) is 0 Å². The Morgan fingerprint density at radius 1 is 1.40 bits per heavy atom. The third kappa shape index (κ3) is 1.47. The largest absolute Gasteiger partial charge is 0.393 e. The summed E-state index contributed by atoms with van der Waals surface area (Å²) < 4.78 is 27.5. The lowest BCUT2D eigenvalue weighted by Gasteiger charge is -2.23. The molecule has 1 saturated carbocycles. The maximum atomic E-state index is 11.6. The van der Waals surface area contributed by atoms with E-state index in [9.17, 15) is 18.0 Å². The van der Waals surface area contributed by atoms with Crippen molar-refractivity contribution in [1.82, 2.24) is 0 Å². The minimum absolute atomic E-state index is 0.0798. The van der Waals surface area contributed by atoms with Gasteiger partial charge in [0.15, 0.2) is 9.84 Å². The predicted molar refractivity (Wildman–Crippen MR) is 50.6 cm³/mol. The molecular weight excluding hydrogens is 220 g/mol. The van der Waals surface area contributed by atoms with Crippen molar-refractivity contribution in [2.24, 2.45) is 5.41 Å². The van der Waals surface area contributed by atoms with Gasteiger partial charge in [-0.25, -0.2) is 8.42 Å². The Labute approximate surface area is 87.7 Å². The van der Waals surface area contributed by atoms with Crippen LogP contribution in [0.3, 0.4) is 0 Å². The molecule has 0 amide bonds. The van der Waals surface area contributed by atoms with Crippen LogP contribution in [0.2, 0.25) is 0 Å². The van der Waals surface area contributed by atoms with Crippen molar-refractivity contribution < 1.29 is 22.7 Å². The molecule has 1 saturated heterocycles. The van der Waals surface area contributed by atoms with Gasteiger partial charge in [0.25, 0.3) is 0 Å². The minimum atomic E-state index is -3.30. The summed E-state index contributed by atoms with van der Waals surface area (Å²) in [4.78, 5) is 22.6. The van der Waals surface area contributed by atoms with Gasteiger partial charge in [-0.2, -0.15) is 0 Å². The lowest BCUT2D eigenvalue weighted by Crippen LogP contribution is -2.39. The smallest absolute Gasteiger partial charge is 0.321 e. The first-order chi connectivity index (χ1) is 6.86. The van der Waals surface area contributed by atoms with Gasteiger partial charge in [-0.3, -0.25) is 9.59 Å². The Morgan fingerprint density at radius 3 is 2.53 bits per heavy atom. The first kappa shape index (κ1) is 10.6. The summed E-state index contributed by atoms with van der Waals surface area (Å²) in [5.41, 5.74) is -1.08. The highest BCUT2D eigenvalue weighted by molar-refractivity contribution is 7.91. The van der Waals surface area contributed by atoms with Crippen LogP contribution in [0.25, 0.3) is 0 Å². The standard InChI is InChI=1S/C9H12O5S/c1-15(12,13)6-3-2-4-9(6)5-7(10)14-8(9)11/h6H,2-5H2,1H3. The summed E-state index contributed by atoms with van der Waals surface area (Å²) in [6.07, 6.45) is 2.57. The molecule has 2 unspecified atom stereocenters. The van der Waals surface area contributed by atoms with Crippen molar-refractivity contribution >= 4 is 21.8 Å². The third-order valence-corrected chi connectivity index (χ3v) is 5.02. The fraction of sp³-hybridized carbons (Fsp3) is 0.778. The Bertz CT molecular complexity index is 424. The van der Waals surface area contributed by atoms with Crippen LogP contribution in [-0.2, 0) is 24.2 Å². The van der Waals surface area contributed by atoms with E-state index in [1.807, 2.05) is 0 Å². The number of hydrogen-bond acceptors (Lipinski definition) is 5. The first-order valence-electron chi connectivity index (χ1n) is 4.80. The number of esters is 2. The Hall–Kier alpha value is -0.910. The van der Waals surface area contributed by atoms with Crippen LogP contribution < -0.4 is 0 Å². The highest BCUT2D eigenvalue weighted by atomic mass is 32.2. The third-order valence-electron chi connectivity index (χ3n) is 3.30. The van der Waals surface area contributed by atoms with E-state index in [4.69, 9.17) is 0 Å². The van der Waals surface area contributed by atoms with Gasteiger partial charge in [0.1, 0.15) is 0 Å². The van der Waals surface area contributed by atoms with E-state index in [1.54, 1.807) is 0 Å². The van der Waals surface area contributed by atoms with Crippen LogP contribution >= 0.6 is 0 Å². The zero-order chi connectivity index (χ0) is 11.3. The molecule has 0 aromatic carbocycles. The molecule has 5 nitrogen and oxygen atoms in total. The molecule has 2 fully saturated rings. The molecule has 0 radical (unpaired) electrons. The van der Waals surface area contributed by atoms with Crippen molar-refractivity contribution in [2.75, 3.05) is 6.26 Å². The molecule has 6 heteroatoms. The van der Waals surface area contributed by atoms with Gasteiger partial charge < -0.3 is 4.74 Å². The van der Waals surface area contributed by atoms with Crippen molar-refractivity contribution in [1.29, 1.82) is 0 Å². The fourth-order valence-electron chi connectivity index (χ4n) is 2.67. The second kappa shape index (κ2) is 3.04. The second-order valence-corrected chi connectivity index (χ2v) is 6.53. The molecule has 1 spiro atoms. The molecule has 2 rings (SSSR count). The number of rotatable bonds is 1. The van der Waals surface area contributed by atoms with Crippen LogP contribution in [0.1, 0.15) is 25.7 Å². The van der Waals surface area contributed by atoms with Crippen molar-refractivity contribution in [2.45, 2.75) is 30.9 Å². The molecule has 84 valence electrons. The van der Waals surface area contributed by atoms with Gasteiger partial charge in [0.2, 0.25) is 0 Å². The quantitative estimate of drug-likeness (QED) is 0.471. The monoisotopic (exact) mass is 232 g/mol. The average Bonchev–Trinajstić information content (AvgIpc) is 2.57. The number of cyclic esters (lactones) is 2. The van der Waals surface area contributed by atoms with Crippen molar-refractivity contribution in [3.8, 4) is 0 Å². The van der Waals surface area contributed by atoms with Gasteiger partial charge in [-0.05, 0) is 12.8 Å². The van der Waals surface area contributed by atoms with E-state index in [-0.39, 0.29) is 6.42 Å². The van der Waals surface area contributed by atoms with E-state index >= 15 is 0 Å². The molecule has 15 heavy (non-hydrogen) atoms. The van der Waals surface area contributed by atoms with Crippen molar-refractivity contribution in [3.05, 3.63) is 0 Å². The van der Waals surface area contributed by atoms with E-state index in [2.05, 4.69) is 4.74 Å². The summed E-state index contributed by atoms with van der Waals surface area (Å²) >= 11 is 0. The van der Waals surface area contributed by atoms with Gasteiger partial charge in [0, 0.05) is 6.26 Å². The van der Waals surface area contributed by atoms with E-state index < -0.39 is 32.4 Å². The maximum Gasteiger partial charge on any atom is 0.321 e. The van der Waals surface area contributed by atoms with Crippen LogP contribution in [0.15, 0.2) is 0 Å². The Balaban J connectivity index is 2.43. The Kier molecular flexibility index (Phi) is 2.15. The topological polar surface area (TPSA) is 77.5 Å². The maximum absolute atomic E-state index is 11.6. The summed E-state index contributed by atoms with van der Waals surface area (Å²) in [5.74, 6) is -1.25. The average molecular weight is 232 g/mol. The molecule has 0 aromatic rings. The van der Waals surface area contributed by atoms with E-state index in [0.29, 0.717) is 19.3 Å². The zero-order valence-corrected chi connectivity index (χ0v) is 9.17. The number of hydrogen-bond donors (Lipinski definition) is 0. The van der Waals surface area contributed by atoms with Crippen LogP contribution in [-0.4, -0.2) is 31.9 Å². The second-order valence-electron chi connectivity index (χ2n) is 4.30. The summed E-state index contributed by atoms with van der Waals surface area (Å²) in [6.45, 7) is 0. The molecule has 0 aromatic heterocycles.